The number of piperidine rings is 3. The molecule has 2 bridgehead atoms. The first kappa shape index (κ1) is 18.1. The van der Waals surface area contributed by atoms with E-state index in [9.17, 15) is 9.18 Å². The van der Waals surface area contributed by atoms with Gasteiger partial charge >= 0.3 is 0 Å². The summed E-state index contributed by atoms with van der Waals surface area (Å²) in [7, 11) is 0. The Labute approximate surface area is 157 Å². The van der Waals surface area contributed by atoms with Crippen molar-refractivity contribution in [2.24, 2.45) is 17.6 Å². The van der Waals surface area contributed by atoms with Gasteiger partial charge in [-0.3, -0.25) is 14.4 Å². The highest BCUT2D eigenvalue weighted by molar-refractivity contribution is 5.79. The van der Waals surface area contributed by atoms with Crippen LogP contribution in [0.3, 0.4) is 0 Å². The van der Waals surface area contributed by atoms with Crippen molar-refractivity contribution in [1.82, 2.24) is 25.2 Å². The summed E-state index contributed by atoms with van der Waals surface area (Å²) >= 11 is 0. The van der Waals surface area contributed by atoms with Crippen LogP contribution in [0.4, 0.5) is 4.39 Å². The summed E-state index contributed by atoms with van der Waals surface area (Å²) in [6, 6.07) is 6.63. The van der Waals surface area contributed by atoms with Crippen LogP contribution in [0.5, 0.6) is 0 Å². The Bertz CT molecular complexity index is 792. The molecular formula is C19H25FN6O. The van der Waals surface area contributed by atoms with E-state index in [2.05, 4.69) is 20.5 Å². The lowest BCUT2D eigenvalue weighted by molar-refractivity contribution is -0.133. The minimum Gasteiger partial charge on any atom is -0.352 e. The van der Waals surface area contributed by atoms with Gasteiger partial charge in [0.25, 0.3) is 0 Å². The number of carbonyl (C=O) groups is 1. The van der Waals surface area contributed by atoms with Crippen molar-refractivity contribution >= 4 is 5.91 Å². The predicted octanol–water partition coefficient (Wildman–Crippen LogP) is 0.903. The molecule has 3 saturated heterocycles. The number of benzene rings is 1. The maximum absolute atomic E-state index is 13.0. The van der Waals surface area contributed by atoms with E-state index < -0.39 is 0 Å². The first-order valence-electron chi connectivity index (χ1n) is 9.47. The van der Waals surface area contributed by atoms with Crippen LogP contribution in [0.25, 0.3) is 0 Å². The Morgan fingerprint density at radius 3 is 2.81 bits per heavy atom. The van der Waals surface area contributed by atoms with E-state index in [4.69, 9.17) is 5.73 Å². The summed E-state index contributed by atoms with van der Waals surface area (Å²) in [6.07, 6.45) is 3.94. The third-order valence-corrected chi connectivity index (χ3v) is 5.79. The lowest BCUT2D eigenvalue weighted by Crippen LogP contribution is -2.58. The van der Waals surface area contributed by atoms with Gasteiger partial charge in [0.05, 0.1) is 18.2 Å². The Hall–Kier alpha value is -2.32. The number of rotatable bonds is 6. The normalized spacial score (nSPS) is 26.9. The second-order valence-electron chi connectivity index (χ2n) is 7.52. The molecule has 27 heavy (non-hydrogen) atoms. The number of hydrogen-bond acceptors (Lipinski definition) is 5. The standard InChI is InChI=1S/C19H25FN6O/c20-15-3-1-13(2-4-15)9-22-19(27)18-12-25-6-5-14(18)7-17(25)11-26-10-16(8-21)23-24-26/h1-4,10,14,17-18H,5-9,11-12,21H2,(H,22,27)/t14?,17-,18+/m1/s1. The number of hydrogen-bond donors (Lipinski definition) is 2. The molecule has 3 N–H and O–H groups in total. The molecule has 1 aromatic heterocycles. The summed E-state index contributed by atoms with van der Waals surface area (Å²) in [5, 5.41) is 11.2. The van der Waals surface area contributed by atoms with Crippen LogP contribution in [-0.4, -0.2) is 44.9 Å². The second-order valence-corrected chi connectivity index (χ2v) is 7.52. The molecule has 2 unspecified atom stereocenters. The van der Waals surface area contributed by atoms with Crippen LogP contribution in [-0.2, 0) is 24.4 Å². The van der Waals surface area contributed by atoms with Crippen LogP contribution in [0.15, 0.2) is 30.5 Å². The highest BCUT2D eigenvalue weighted by Gasteiger charge is 2.43. The molecule has 3 fully saturated rings. The number of halogens is 1. The molecule has 7 nitrogen and oxygen atoms in total. The van der Waals surface area contributed by atoms with Crippen molar-refractivity contribution < 1.29 is 9.18 Å². The van der Waals surface area contributed by atoms with Crippen LogP contribution in [0.2, 0.25) is 0 Å². The van der Waals surface area contributed by atoms with Crippen LogP contribution >= 0.6 is 0 Å². The molecule has 4 atom stereocenters. The monoisotopic (exact) mass is 372 g/mol. The van der Waals surface area contributed by atoms with Gasteiger partial charge in [0.1, 0.15) is 5.82 Å². The molecule has 0 radical (unpaired) electrons. The maximum atomic E-state index is 13.0. The fourth-order valence-corrected chi connectivity index (χ4v) is 4.28. The van der Waals surface area contributed by atoms with Crippen LogP contribution in [0, 0.1) is 17.7 Å². The lowest BCUT2D eigenvalue weighted by Gasteiger charge is -2.49. The van der Waals surface area contributed by atoms with Gasteiger partial charge in [-0.2, -0.15) is 0 Å². The zero-order chi connectivity index (χ0) is 18.8. The summed E-state index contributed by atoms with van der Waals surface area (Å²) < 4.78 is 14.8. The molecule has 4 heterocycles. The molecule has 8 heteroatoms. The number of nitrogens with zero attached hydrogens (tertiary/aromatic N) is 4. The van der Waals surface area contributed by atoms with Gasteiger partial charge in [-0.1, -0.05) is 17.3 Å². The van der Waals surface area contributed by atoms with E-state index >= 15 is 0 Å². The Morgan fingerprint density at radius 1 is 1.33 bits per heavy atom. The van der Waals surface area contributed by atoms with E-state index in [1.54, 1.807) is 12.1 Å². The van der Waals surface area contributed by atoms with Gasteiger partial charge < -0.3 is 11.1 Å². The Kier molecular flexibility index (Phi) is 5.18. The molecule has 3 aliphatic rings. The smallest absolute Gasteiger partial charge is 0.224 e. The summed E-state index contributed by atoms with van der Waals surface area (Å²) in [4.78, 5) is 15.1. The quantitative estimate of drug-likeness (QED) is 0.787. The maximum Gasteiger partial charge on any atom is 0.224 e. The average Bonchev–Trinajstić information content (AvgIpc) is 3.15. The molecule has 3 aliphatic heterocycles. The summed E-state index contributed by atoms with van der Waals surface area (Å²) in [5.74, 6) is 0.245. The molecule has 2 aromatic rings. The van der Waals surface area contributed by atoms with Crippen LogP contribution < -0.4 is 11.1 Å². The zero-order valence-electron chi connectivity index (χ0n) is 15.2. The third kappa shape index (κ3) is 4.01. The van der Waals surface area contributed by atoms with Crippen molar-refractivity contribution in [2.75, 3.05) is 13.1 Å². The highest BCUT2D eigenvalue weighted by atomic mass is 19.1. The molecule has 1 amide bonds. The topological polar surface area (TPSA) is 89.1 Å². The number of fused-ring (bicyclic) bond motifs is 3. The van der Waals surface area contributed by atoms with Gasteiger partial charge in [0.2, 0.25) is 5.91 Å². The first-order valence-corrected chi connectivity index (χ1v) is 9.47. The van der Waals surface area contributed by atoms with Crippen molar-refractivity contribution in [2.45, 2.75) is 38.5 Å². The third-order valence-electron chi connectivity index (χ3n) is 5.79. The molecule has 0 aliphatic carbocycles. The van der Waals surface area contributed by atoms with Crippen LogP contribution in [0.1, 0.15) is 24.1 Å². The highest BCUT2D eigenvalue weighted by Crippen LogP contribution is 2.36. The molecule has 0 saturated carbocycles. The van der Waals surface area contributed by atoms with Gasteiger partial charge in [0, 0.05) is 31.9 Å². The number of carbonyl (C=O) groups excluding carboxylic acids is 1. The Morgan fingerprint density at radius 2 is 2.15 bits per heavy atom. The molecule has 5 rings (SSSR count). The largest absolute Gasteiger partial charge is 0.352 e. The van der Waals surface area contributed by atoms with E-state index in [0.717, 1.165) is 43.7 Å². The fraction of sp³-hybridized carbons (Fsp3) is 0.526. The van der Waals surface area contributed by atoms with Crippen molar-refractivity contribution in [3.63, 3.8) is 0 Å². The molecular weight excluding hydrogens is 347 g/mol. The number of nitrogens with one attached hydrogen (secondary N) is 1. The molecule has 0 spiro atoms. The predicted molar refractivity (Wildman–Crippen MR) is 97.7 cm³/mol. The van der Waals surface area contributed by atoms with Gasteiger partial charge in [-0.25, -0.2) is 4.39 Å². The van der Waals surface area contributed by atoms with Gasteiger partial charge in [-0.15, -0.1) is 5.10 Å². The minimum absolute atomic E-state index is 0.0193. The van der Waals surface area contributed by atoms with Gasteiger partial charge in [-0.05, 0) is 43.0 Å². The number of nitrogens with two attached hydrogens (primary N) is 1. The Balaban J connectivity index is 1.32. The lowest BCUT2D eigenvalue weighted by atomic mass is 9.75. The molecule has 144 valence electrons. The second kappa shape index (κ2) is 7.74. The minimum atomic E-state index is -0.264. The molecule has 1 aromatic carbocycles. The summed E-state index contributed by atoms with van der Waals surface area (Å²) in [5.41, 5.74) is 7.30. The zero-order valence-corrected chi connectivity index (χ0v) is 15.2. The van der Waals surface area contributed by atoms with Gasteiger partial charge in [0.15, 0.2) is 0 Å². The summed E-state index contributed by atoms with van der Waals surface area (Å²) in [6.45, 7) is 3.42. The fourth-order valence-electron chi connectivity index (χ4n) is 4.28. The van der Waals surface area contributed by atoms with E-state index in [0.29, 0.717) is 25.0 Å². The number of amides is 1. The van der Waals surface area contributed by atoms with E-state index in [-0.39, 0.29) is 17.6 Å². The number of aromatic nitrogens is 3. The van der Waals surface area contributed by atoms with Crippen molar-refractivity contribution in [3.8, 4) is 0 Å². The van der Waals surface area contributed by atoms with E-state index in [1.165, 1.54) is 12.1 Å². The SMILES string of the molecule is NCc1cn(C[C@H]2CC3CCN2C[C@@H]3C(=O)NCc2ccc(F)cc2)nn1. The van der Waals surface area contributed by atoms with Crippen molar-refractivity contribution in [1.29, 1.82) is 0 Å². The van der Waals surface area contributed by atoms with E-state index in [1.807, 2.05) is 10.9 Å². The average molecular weight is 372 g/mol. The van der Waals surface area contributed by atoms with Crippen molar-refractivity contribution in [3.05, 3.63) is 47.5 Å². The first-order chi connectivity index (χ1) is 13.1.